The second-order valence-corrected chi connectivity index (χ2v) is 5.75. The molecule has 0 spiro atoms. The molecule has 0 unspecified atom stereocenters. The number of hydrogen-bond donors (Lipinski definition) is 3. The molecule has 0 fully saturated rings. The molecule has 0 aliphatic rings. The minimum Gasteiger partial charge on any atom is -0.384 e. The zero-order valence-corrected chi connectivity index (χ0v) is 11.8. The van der Waals surface area contributed by atoms with Gasteiger partial charge >= 0.3 is 0 Å². The van der Waals surface area contributed by atoms with E-state index in [2.05, 4.69) is 21.3 Å². The van der Waals surface area contributed by atoms with Gasteiger partial charge in [0.2, 0.25) is 0 Å². The SMILES string of the molecule is CC(C)NS(=O)(=O)NCc1ccccc1C#CCO. The maximum absolute atomic E-state index is 11.6. The lowest BCUT2D eigenvalue weighted by Crippen LogP contribution is -2.39. The maximum atomic E-state index is 11.6. The van der Waals surface area contributed by atoms with Gasteiger partial charge in [-0.2, -0.15) is 17.9 Å². The molecule has 0 saturated heterocycles. The summed E-state index contributed by atoms with van der Waals surface area (Å²) < 4.78 is 28.2. The Morgan fingerprint density at radius 2 is 2.00 bits per heavy atom. The maximum Gasteiger partial charge on any atom is 0.277 e. The minimum atomic E-state index is -3.51. The molecule has 0 atom stereocenters. The third-order valence-electron chi connectivity index (χ3n) is 2.16. The Bertz CT molecular complexity index is 571. The Morgan fingerprint density at radius 3 is 2.63 bits per heavy atom. The van der Waals surface area contributed by atoms with E-state index in [-0.39, 0.29) is 19.2 Å². The van der Waals surface area contributed by atoms with Crippen LogP contribution in [-0.4, -0.2) is 26.2 Å². The summed E-state index contributed by atoms with van der Waals surface area (Å²) in [6.45, 7) is 3.42. The van der Waals surface area contributed by atoms with Crippen LogP contribution >= 0.6 is 0 Å². The lowest BCUT2D eigenvalue weighted by Gasteiger charge is -2.11. The van der Waals surface area contributed by atoms with E-state index in [1.807, 2.05) is 12.1 Å². The van der Waals surface area contributed by atoms with Crippen molar-refractivity contribution in [2.45, 2.75) is 26.4 Å². The van der Waals surface area contributed by atoms with Crippen LogP contribution in [0.4, 0.5) is 0 Å². The van der Waals surface area contributed by atoms with Gasteiger partial charge in [-0.3, -0.25) is 0 Å². The lowest BCUT2D eigenvalue weighted by atomic mass is 10.1. The third-order valence-corrected chi connectivity index (χ3v) is 3.47. The zero-order chi connectivity index (χ0) is 14.3. The first-order valence-electron chi connectivity index (χ1n) is 5.89. The van der Waals surface area contributed by atoms with Gasteiger partial charge in [-0.15, -0.1) is 0 Å². The molecule has 5 nitrogen and oxygen atoms in total. The van der Waals surface area contributed by atoms with Crippen molar-refractivity contribution >= 4 is 10.2 Å². The fourth-order valence-corrected chi connectivity index (χ4v) is 2.51. The summed E-state index contributed by atoms with van der Waals surface area (Å²) in [4.78, 5) is 0. The number of hydrogen-bond acceptors (Lipinski definition) is 3. The van der Waals surface area contributed by atoms with Crippen LogP contribution in [0.2, 0.25) is 0 Å². The molecular formula is C13H18N2O3S. The van der Waals surface area contributed by atoms with Crippen molar-refractivity contribution in [3.05, 3.63) is 35.4 Å². The Hall–Kier alpha value is -1.39. The van der Waals surface area contributed by atoms with Gasteiger partial charge in [0.05, 0.1) is 0 Å². The Kier molecular flexibility index (Phi) is 5.99. The van der Waals surface area contributed by atoms with Gasteiger partial charge in [-0.1, -0.05) is 30.0 Å². The van der Waals surface area contributed by atoms with Gasteiger partial charge in [-0.25, -0.2) is 0 Å². The first-order valence-corrected chi connectivity index (χ1v) is 7.37. The monoisotopic (exact) mass is 282 g/mol. The molecular weight excluding hydrogens is 264 g/mol. The third kappa shape index (κ3) is 5.85. The van der Waals surface area contributed by atoms with Gasteiger partial charge in [-0.05, 0) is 25.5 Å². The molecule has 0 heterocycles. The fourth-order valence-electron chi connectivity index (χ4n) is 1.46. The summed E-state index contributed by atoms with van der Waals surface area (Å²) in [5.41, 5.74) is 1.46. The van der Waals surface area contributed by atoms with E-state index in [0.29, 0.717) is 5.56 Å². The van der Waals surface area contributed by atoms with Crippen LogP contribution in [0.1, 0.15) is 25.0 Å². The van der Waals surface area contributed by atoms with Crippen LogP contribution in [0.15, 0.2) is 24.3 Å². The topological polar surface area (TPSA) is 78.4 Å². The summed E-state index contributed by atoms with van der Waals surface area (Å²) in [5, 5.41) is 8.68. The summed E-state index contributed by atoms with van der Waals surface area (Å²) in [5.74, 6) is 5.33. The molecule has 6 heteroatoms. The van der Waals surface area contributed by atoms with E-state index in [1.165, 1.54) is 0 Å². The normalized spacial score (nSPS) is 11.2. The second kappa shape index (κ2) is 7.26. The van der Waals surface area contributed by atoms with Crippen LogP contribution in [0.25, 0.3) is 0 Å². The van der Waals surface area contributed by atoms with E-state index in [0.717, 1.165) is 5.56 Å². The first-order chi connectivity index (χ1) is 8.94. The van der Waals surface area contributed by atoms with Crippen LogP contribution < -0.4 is 9.44 Å². The summed E-state index contributed by atoms with van der Waals surface area (Å²) >= 11 is 0. The zero-order valence-electron chi connectivity index (χ0n) is 11.0. The molecule has 0 saturated carbocycles. The van der Waals surface area contributed by atoms with E-state index in [1.54, 1.807) is 26.0 Å². The molecule has 1 rings (SSSR count). The van der Waals surface area contributed by atoms with Gasteiger partial charge in [0.25, 0.3) is 10.2 Å². The summed E-state index contributed by atoms with van der Waals surface area (Å²) in [6.07, 6.45) is 0. The highest BCUT2D eigenvalue weighted by molar-refractivity contribution is 7.87. The number of rotatable bonds is 5. The highest BCUT2D eigenvalue weighted by Gasteiger charge is 2.11. The highest BCUT2D eigenvalue weighted by atomic mass is 32.2. The molecule has 1 aromatic carbocycles. The average molecular weight is 282 g/mol. The van der Waals surface area contributed by atoms with Crippen molar-refractivity contribution < 1.29 is 13.5 Å². The molecule has 0 aliphatic carbocycles. The molecule has 1 aromatic rings. The molecule has 3 N–H and O–H groups in total. The Balaban J connectivity index is 2.78. The van der Waals surface area contributed by atoms with E-state index in [9.17, 15) is 8.42 Å². The quantitative estimate of drug-likeness (QED) is 0.682. The molecule has 104 valence electrons. The molecule has 19 heavy (non-hydrogen) atoms. The van der Waals surface area contributed by atoms with Gasteiger partial charge in [0, 0.05) is 18.2 Å². The van der Waals surface area contributed by atoms with Crippen molar-refractivity contribution in [3.63, 3.8) is 0 Å². The van der Waals surface area contributed by atoms with Crippen molar-refractivity contribution in [1.29, 1.82) is 0 Å². The van der Waals surface area contributed by atoms with Crippen LogP contribution in [0.3, 0.4) is 0 Å². The van der Waals surface area contributed by atoms with Crippen molar-refractivity contribution in [2.24, 2.45) is 0 Å². The predicted molar refractivity (Wildman–Crippen MR) is 74.4 cm³/mol. The van der Waals surface area contributed by atoms with E-state index in [4.69, 9.17) is 5.11 Å². The van der Waals surface area contributed by atoms with E-state index >= 15 is 0 Å². The van der Waals surface area contributed by atoms with Crippen molar-refractivity contribution in [1.82, 2.24) is 9.44 Å². The number of benzene rings is 1. The Labute approximate surface area is 114 Å². The standard InChI is InChI=1S/C13H18N2O3S/c1-11(2)15-19(17,18)14-10-13-7-4-3-6-12(13)8-5-9-16/h3-4,6-7,11,14-16H,9-10H2,1-2H3. The number of aliphatic hydroxyl groups excluding tert-OH is 1. The fraction of sp³-hybridized carbons (Fsp3) is 0.385. The first kappa shape index (κ1) is 15.7. The molecule has 0 amide bonds. The van der Waals surface area contributed by atoms with Gasteiger partial charge < -0.3 is 5.11 Å². The predicted octanol–water partition coefficient (Wildman–Crippen LogP) is 0.363. The Morgan fingerprint density at radius 1 is 1.32 bits per heavy atom. The van der Waals surface area contributed by atoms with Crippen molar-refractivity contribution in [3.8, 4) is 11.8 Å². The molecule has 0 aromatic heterocycles. The highest BCUT2D eigenvalue weighted by Crippen LogP contribution is 2.07. The minimum absolute atomic E-state index is 0.151. The summed E-state index contributed by atoms with van der Waals surface area (Å²) in [7, 11) is -3.51. The van der Waals surface area contributed by atoms with Crippen molar-refractivity contribution in [2.75, 3.05) is 6.61 Å². The van der Waals surface area contributed by atoms with E-state index < -0.39 is 10.2 Å². The van der Waals surface area contributed by atoms with Crippen LogP contribution in [0, 0.1) is 11.8 Å². The second-order valence-electron chi connectivity index (χ2n) is 4.21. The summed E-state index contributed by atoms with van der Waals surface area (Å²) in [6, 6.07) is 7.03. The van der Waals surface area contributed by atoms with Gasteiger partial charge in [0.15, 0.2) is 0 Å². The lowest BCUT2D eigenvalue weighted by molar-refractivity contribution is 0.350. The smallest absolute Gasteiger partial charge is 0.277 e. The van der Waals surface area contributed by atoms with Gasteiger partial charge in [0.1, 0.15) is 6.61 Å². The largest absolute Gasteiger partial charge is 0.384 e. The molecule has 0 bridgehead atoms. The average Bonchev–Trinajstić information content (AvgIpc) is 2.33. The molecule has 0 radical (unpaired) electrons. The van der Waals surface area contributed by atoms with Crippen LogP contribution in [0.5, 0.6) is 0 Å². The number of aliphatic hydroxyl groups is 1. The molecule has 0 aliphatic heterocycles. The number of nitrogens with one attached hydrogen (secondary N) is 2. The van der Waals surface area contributed by atoms with Crippen LogP contribution in [-0.2, 0) is 16.8 Å².